The standard InChI is InChI=1S/C32H27Cl2N3O5S2/c33-22-6-1-19(2-7-22)31(20-3-8-23(34)9-4-20)21-5-10-26-25(17-21)27(18-29(38)36-26)35-24-13-15-37(16-14-24)44(41,42)30-12-11-28(43-30)32(39)40/h1-12,17-18,24,31H,13-16H2,(H,39,40)(H2,35,36,38). The van der Waals surface area contributed by atoms with E-state index < -0.39 is 16.0 Å². The SMILES string of the molecule is O=C(O)c1ccc(S(=O)(=O)N2CCC(Nc3cc(=O)[nH]c4ccc(C(c5ccc(Cl)cc5)c5ccc(Cl)cc5)cc34)CC2)s1. The maximum absolute atomic E-state index is 13.1. The zero-order valence-electron chi connectivity index (χ0n) is 23.2. The molecule has 0 saturated carbocycles. The van der Waals surface area contributed by atoms with Gasteiger partial charge in [0, 0.05) is 52.2 Å². The van der Waals surface area contributed by atoms with Gasteiger partial charge in [0.25, 0.3) is 10.0 Å². The Morgan fingerprint density at radius 3 is 2.05 bits per heavy atom. The average Bonchev–Trinajstić information content (AvgIpc) is 3.52. The first-order chi connectivity index (χ1) is 21.1. The van der Waals surface area contributed by atoms with Crippen LogP contribution in [-0.4, -0.2) is 47.9 Å². The molecule has 1 aliphatic heterocycles. The Balaban J connectivity index is 1.28. The van der Waals surface area contributed by atoms with Crippen molar-refractivity contribution >= 4 is 67.1 Å². The van der Waals surface area contributed by atoms with Crippen LogP contribution in [0.1, 0.15) is 45.1 Å². The fraction of sp³-hybridized carbons (Fsp3) is 0.188. The molecule has 12 heteroatoms. The molecule has 0 aliphatic carbocycles. The van der Waals surface area contributed by atoms with Crippen LogP contribution >= 0.6 is 34.5 Å². The minimum Gasteiger partial charge on any atom is -0.477 e. The van der Waals surface area contributed by atoms with Crippen molar-refractivity contribution in [3.63, 3.8) is 0 Å². The number of nitrogens with one attached hydrogen (secondary N) is 2. The maximum atomic E-state index is 13.1. The molecule has 5 aromatic rings. The van der Waals surface area contributed by atoms with Crippen LogP contribution in [0.25, 0.3) is 10.9 Å². The molecule has 0 bridgehead atoms. The zero-order valence-corrected chi connectivity index (χ0v) is 26.3. The molecule has 8 nitrogen and oxygen atoms in total. The van der Waals surface area contributed by atoms with E-state index in [1.165, 1.54) is 22.5 Å². The van der Waals surface area contributed by atoms with Crippen LogP contribution in [0.2, 0.25) is 10.0 Å². The van der Waals surface area contributed by atoms with Gasteiger partial charge in [0.15, 0.2) is 0 Å². The number of piperidine rings is 1. The summed E-state index contributed by atoms with van der Waals surface area (Å²) in [7, 11) is -3.80. The number of rotatable bonds is 8. The van der Waals surface area contributed by atoms with Gasteiger partial charge in [-0.05, 0) is 78.1 Å². The van der Waals surface area contributed by atoms with Crippen molar-refractivity contribution in [1.82, 2.24) is 9.29 Å². The monoisotopic (exact) mass is 667 g/mol. The number of carboxylic acids is 1. The van der Waals surface area contributed by atoms with Crippen molar-refractivity contribution < 1.29 is 18.3 Å². The van der Waals surface area contributed by atoms with E-state index in [-0.39, 0.29) is 39.7 Å². The lowest BCUT2D eigenvalue weighted by Gasteiger charge is -2.32. The number of nitrogens with zero attached hydrogens (tertiary/aromatic N) is 1. The van der Waals surface area contributed by atoms with E-state index in [4.69, 9.17) is 23.2 Å². The number of hydrogen-bond acceptors (Lipinski definition) is 6. The second kappa shape index (κ2) is 12.4. The Morgan fingerprint density at radius 2 is 1.48 bits per heavy atom. The molecule has 3 aromatic carbocycles. The Hall–Kier alpha value is -3.67. The number of pyridine rings is 1. The summed E-state index contributed by atoms with van der Waals surface area (Å²) >= 11 is 13.1. The second-order valence-corrected chi connectivity index (χ2v) is 14.8. The Morgan fingerprint density at radius 1 is 0.886 bits per heavy atom. The lowest BCUT2D eigenvalue weighted by atomic mass is 9.84. The predicted octanol–water partition coefficient (Wildman–Crippen LogP) is 7.04. The molecular formula is C32H27Cl2N3O5S2. The van der Waals surface area contributed by atoms with Crippen molar-refractivity contribution in [1.29, 1.82) is 0 Å². The van der Waals surface area contributed by atoms with E-state index >= 15 is 0 Å². The summed E-state index contributed by atoms with van der Waals surface area (Å²) in [4.78, 5) is 26.8. The zero-order chi connectivity index (χ0) is 31.0. The van der Waals surface area contributed by atoms with E-state index in [9.17, 15) is 23.1 Å². The summed E-state index contributed by atoms with van der Waals surface area (Å²) in [6, 6.07) is 25.5. The number of aromatic nitrogens is 1. The van der Waals surface area contributed by atoms with Gasteiger partial charge in [0.05, 0.1) is 5.52 Å². The van der Waals surface area contributed by atoms with Crippen molar-refractivity contribution in [2.45, 2.75) is 29.0 Å². The number of H-pyrrole nitrogens is 1. The van der Waals surface area contributed by atoms with E-state index in [2.05, 4.69) is 16.4 Å². The number of benzene rings is 3. The first-order valence-electron chi connectivity index (χ1n) is 13.9. The van der Waals surface area contributed by atoms with Crippen molar-refractivity contribution in [3.8, 4) is 0 Å². The molecule has 0 radical (unpaired) electrons. The number of anilines is 1. The molecule has 226 valence electrons. The molecule has 0 amide bonds. The fourth-order valence-corrected chi connectivity index (χ4v) is 8.64. The van der Waals surface area contributed by atoms with Crippen LogP contribution in [-0.2, 0) is 10.0 Å². The number of sulfonamides is 1. The van der Waals surface area contributed by atoms with Crippen molar-refractivity contribution in [2.24, 2.45) is 0 Å². The Bertz CT molecular complexity index is 1960. The van der Waals surface area contributed by atoms with Gasteiger partial charge in [-0.1, -0.05) is 53.5 Å². The van der Waals surface area contributed by atoms with E-state index in [0.29, 0.717) is 34.1 Å². The van der Waals surface area contributed by atoms with Crippen LogP contribution in [0.5, 0.6) is 0 Å². The van der Waals surface area contributed by atoms with E-state index in [1.807, 2.05) is 60.7 Å². The smallest absolute Gasteiger partial charge is 0.345 e. The van der Waals surface area contributed by atoms with Gasteiger partial charge >= 0.3 is 5.97 Å². The summed E-state index contributed by atoms with van der Waals surface area (Å²) in [6.07, 6.45) is 1.03. The Labute approximate surface area is 267 Å². The van der Waals surface area contributed by atoms with Crippen LogP contribution in [0, 0.1) is 0 Å². The number of carbonyl (C=O) groups is 1. The summed E-state index contributed by atoms with van der Waals surface area (Å²) in [6.45, 7) is 0.532. The number of aromatic carboxylic acids is 1. The average molecular weight is 669 g/mol. The number of carboxylic acid groups (broad SMARTS) is 1. The third-order valence-electron chi connectivity index (χ3n) is 7.81. The van der Waals surface area contributed by atoms with E-state index in [1.54, 1.807) is 0 Å². The minimum atomic E-state index is -3.80. The molecule has 1 fully saturated rings. The second-order valence-electron chi connectivity index (χ2n) is 10.6. The van der Waals surface area contributed by atoms with Gasteiger partial charge < -0.3 is 15.4 Å². The highest BCUT2D eigenvalue weighted by molar-refractivity contribution is 7.91. The Kier molecular flexibility index (Phi) is 8.54. The molecule has 2 aromatic heterocycles. The van der Waals surface area contributed by atoms with Crippen LogP contribution in [0.3, 0.4) is 0 Å². The highest BCUT2D eigenvalue weighted by Gasteiger charge is 2.31. The molecule has 0 spiro atoms. The third kappa shape index (κ3) is 6.27. The molecule has 6 rings (SSSR count). The first-order valence-corrected chi connectivity index (χ1v) is 16.9. The maximum Gasteiger partial charge on any atom is 0.345 e. The highest BCUT2D eigenvalue weighted by atomic mass is 35.5. The van der Waals surface area contributed by atoms with Gasteiger partial charge in [0.2, 0.25) is 5.56 Å². The van der Waals surface area contributed by atoms with Crippen LogP contribution in [0.4, 0.5) is 5.69 Å². The van der Waals surface area contributed by atoms with Gasteiger partial charge in [-0.3, -0.25) is 4.79 Å². The molecule has 0 atom stereocenters. The van der Waals surface area contributed by atoms with E-state index in [0.717, 1.165) is 33.4 Å². The largest absolute Gasteiger partial charge is 0.477 e. The first kappa shape index (κ1) is 30.4. The summed E-state index contributed by atoms with van der Waals surface area (Å²) in [5.74, 6) is -1.28. The molecule has 3 N–H and O–H groups in total. The molecule has 1 saturated heterocycles. The molecule has 1 aliphatic rings. The fourth-order valence-electron chi connectivity index (χ4n) is 5.62. The van der Waals surface area contributed by atoms with Gasteiger partial charge in [-0.25, -0.2) is 13.2 Å². The lowest BCUT2D eigenvalue weighted by Crippen LogP contribution is -2.42. The summed E-state index contributed by atoms with van der Waals surface area (Å²) < 4.78 is 27.7. The third-order valence-corrected chi connectivity index (χ3v) is 11.8. The van der Waals surface area contributed by atoms with Gasteiger partial charge in [-0.2, -0.15) is 4.31 Å². The summed E-state index contributed by atoms with van der Waals surface area (Å²) in [5, 5.41) is 14.8. The highest BCUT2D eigenvalue weighted by Crippen LogP contribution is 2.36. The number of thiophene rings is 1. The summed E-state index contributed by atoms with van der Waals surface area (Å²) in [5.41, 5.74) is 4.21. The molecule has 44 heavy (non-hydrogen) atoms. The predicted molar refractivity (Wildman–Crippen MR) is 175 cm³/mol. The number of hydrogen-bond donors (Lipinski definition) is 3. The quantitative estimate of drug-likeness (QED) is 0.153. The molecule has 0 unspecified atom stereocenters. The number of fused-ring (bicyclic) bond motifs is 1. The number of halogens is 2. The minimum absolute atomic E-state index is 0.0185. The van der Waals surface area contributed by atoms with Crippen LogP contribution in [0.15, 0.2) is 93.9 Å². The normalized spacial score (nSPS) is 14.7. The van der Waals surface area contributed by atoms with Crippen molar-refractivity contribution in [3.05, 3.63) is 127 Å². The van der Waals surface area contributed by atoms with Crippen LogP contribution < -0.4 is 10.9 Å². The van der Waals surface area contributed by atoms with Crippen molar-refractivity contribution in [2.75, 3.05) is 18.4 Å². The van der Waals surface area contributed by atoms with Gasteiger partial charge in [-0.15, -0.1) is 11.3 Å². The van der Waals surface area contributed by atoms with Gasteiger partial charge in [0.1, 0.15) is 9.09 Å². The molecular weight excluding hydrogens is 641 g/mol. The molecule has 3 heterocycles. The topological polar surface area (TPSA) is 120 Å². The lowest BCUT2D eigenvalue weighted by molar-refractivity contribution is 0.0702. The number of aromatic amines is 1.